The molecule has 9 heteroatoms. The van der Waals surface area contributed by atoms with Crippen molar-refractivity contribution in [3.05, 3.63) is 41.7 Å². The number of rotatable bonds is 5. The smallest absolute Gasteiger partial charge is 0.358 e. The number of amides is 2. The van der Waals surface area contributed by atoms with Crippen LogP contribution in [0, 0.1) is 0 Å². The zero-order valence-corrected chi connectivity index (χ0v) is 12.7. The van der Waals surface area contributed by atoms with E-state index in [0.717, 1.165) is 28.6 Å². The fourth-order valence-electron chi connectivity index (χ4n) is 2.54. The number of hydrogen-bond acceptors (Lipinski definition) is 5. The summed E-state index contributed by atoms with van der Waals surface area (Å²) in [6, 6.07) is 7.66. The van der Waals surface area contributed by atoms with Gasteiger partial charge in [0.2, 0.25) is 11.8 Å². The number of carbonyl (C=O) groups excluding carboxylic acids is 2. The van der Waals surface area contributed by atoms with Gasteiger partial charge in [0.1, 0.15) is 6.54 Å². The minimum atomic E-state index is -1.22. The second-order valence-corrected chi connectivity index (χ2v) is 5.31. The normalized spacial score (nSPS) is 12.8. The lowest BCUT2D eigenvalue weighted by molar-refractivity contribution is -0.125. The maximum atomic E-state index is 12.3. The van der Waals surface area contributed by atoms with Gasteiger partial charge in [-0.1, -0.05) is 23.4 Å². The topological polar surface area (TPSA) is 117 Å². The molecule has 2 amide bonds. The summed E-state index contributed by atoms with van der Waals surface area (Å²) < 4.78 is 1.11. The van der Waals surface area contributed by atoms with Gasteiger partial charge in [-0.05, 0) is 18.1 Å². The van der Waals surface area contributed by atoms with Crippen LogP contribution < -0.4 is 10.2 Å². The standard InChI is InChI=1S/C15H15N5O4/c21-13(9-19-8-11(15(23)24)17-18-19)16-7-14(22)20-6-5-10-3-1-2-4-12(10)20/h1-4,8H,5-7,9H2,(H,16,21)(H,23,24). The molecular weight excluding hydrogens is 314 g/mol. The Bertz CT molecular complexity index is 801. The molecule has 24 heavy (non-hydrogen) atoms. The Labute approximate surface area is 136 Å². The number of carboxylic acids is 1. The summed E-state index contributed by atoms with van der Waals surface area (Å²) in [6.45, 7) is 0.261. The van der Waals surface area contributed by atoms with Gasteiger partial charge in [-0.2, -0.15) is 0 Å². The molecule has 0 atom stereocenters. The van der Waals surface area contributed by atoms with E-state index < -0.39 is 11.9 Å². The molecule has 3 rings (SSSR count). The third-order valence-electron chi connectivity index (χ3n) is 3.69. The van der Waals surface area contributed by atoms with E-state index in [1.807, 2.05) is 24.3 Å². The summed E-state index contributed by atoms with van der Waals surface area (Å²) in [5, 5.41) is 18.2. The molecule has 1 aliphatic rings. The molecule has 2 aromatic rings. The van der Waals surface area contributed by atoms with Crippen LogP contribution in [0.3, 0.4) is 0 Å². The molecule has 0 unspecified atom stereocenters. The molecule has 0 bridgehead atoms. The van der Waals surface area contributed by atoms with E-state index >= 15 is 0 Å². The number of nitrogens with zero attached hydrogens (tertiary/aromatic N) is 4. The Morgan fingerprint density at radius 3 is 2.79 bits per heavy atom. The van der Waals surface area contributed by atoms with Gasteiger partial charge in [0.05, 0.1) is 12.7 Å². The van der Waals surface area contributed by atoms with Gasteiger partial charge in [0, 0.05) is 12.2 Å². The number of aromatic nitrogens is 3. The average molecular weight is 329 g/mol. The van der Waals surface area contributed by atoms with Crippen LogP contribution in [0.1, 0.15) is 16.1 Å². The van der Waals surface area contributed by atoms with Crippen LogP contribution in [0.15, 0.2) is 30.5 Å². The lowest BCUT2D eigenvalue weighted by Gasteiger charge is -2.17. The maximum Gasteiger partial charge on any atom is 0.358 e. The summed E-state index contributed by atoms with van der Waals surface area (Å²) in [5.41, 5.74) is 1.74. The summed E-state index contributed by atoms with van der Waals surface area (Å²) in [6.07, 6.45) is 1.95. The highest BCUT2D eigenvalue weighted by Crippen LogP contribution is 2.27. The molecule has 1 aromatic heterocycles. The molecular formula is C15H15N5O4. The van der Waals surface area contributed by atoms with E-state index in [0.29, 0.717) is 6.54 Å². The fourth-order valence-corrected chi connectivity index (χ4v) is 2.54. The third kappa shape index (κ3) is 3.24. The second-order valence-electron chi connectivity index (χ2n) is 5.31. The van der Waals surface area contributed by atoms with Gasteiger partial charge in [0.15, 0.2) is 5.69 Å². The van der Waals surface area contributed by atoms with Crippen LogP contribution in [0.5, 0.6) is 0 Å². The van der Waals surface area contributed by atoms with Crippen molar-refractivity contribution >= 4 is 23.5 Å². The molecule has 0 radical (unpaired) electrons. The van der Waals surface area contributed by atoms with Crippen LogP contribution in [0.2, 0.25) is 0 Å². The number of hydrogen-bond donors (Lipinski definition) is 2. The number of fused-ring (bicyclic) bond motifs is 1. The van der Waals surface area contributed by atoms with Crippen molar-refractivity contribution in [2.45, 2.75) is 13.0 Å². The molecule has 2 heterocycles. The van der Waals surface area contributed by atoms with E-state index in [9.17, 15) is 14.4 Å². The van der Waals surface area contributed by atoms with Gasteiger partial charge in [-0.3, -0.25) is 9.59 Å². The van der Waals surface area contributed by atoms with Crippen molar-refractivity contribution in [3.8, 4) is 0 Å². The minimum absolute atomic E-state index is 0.131. The number of para-hydroxylation sites is 1. The van der Waals surface area contributed by atoms with Gasteiger partial charge in [-0.15, -0.1) is 5.10 Å². The molecule has 0 saturated carbocycles. The van der Waals surface area contributed by atoms with Crippen molar-refractivity contribution in [2.75, 3.05) is 18.0 Å². The number of anilines is 1. The highest BCUT2D eigenvalue weighted by atomic mass is 16.4. The minimum Gasteiger partial charge on any atom is -0.476 e. The number of aromatic carboxylic acids is 1. The predicted molar refractivity (Wildman–Crippen MR) is 82.5 cm³/mol. The molecule has 2 N–H and O–H groups in total. The first-order valence-corrected chi connectivity index (χ1v) is 7.33. The summed E-state index contributed by atoms with van der Waals surface area (Å²) in [4.78, 5) is 36.4. The van der Waals surface area contributed by atoms with E-state index in [4.69, 9.17) is 5.11 Å². The summed E-state index contributed by atoms with van der Waals surface area (Å²) >= 11 is 0. The molecule has 1 aromatic carbocycles. The van der Waals surface area contributed by atoms with E-state index in [2.05, 4.69) is 15.6 Å². The number of carboxylic acid groups (broad SMARTS) is 1. The average Bonchev–Trinajstić information content (AvgIpc) is 3.19. The van der Waals surface area contributed by atoms with Crippen molar-refractivity contribution in [1.82, 2.24) is 20.3 Å². The van der Waals surface area contributed by atoms with E-state index in [1.54, 1.807) is 4.90 Å². The Kier molecular flexibility index (Phi) is 4.23. The van der Waals surface area contributed by atoms with Crippen LogP contribution in [0.4, 0.5) is 5.69 Å². The van der Waals surface area contributed by atoms with Crippen LogP contribution in [-0.4, -0.2) is 51.0 Å². The molecule has 0 saturated heterocycles. The Morgan fingerprint density at radius 1 is 1.25 bits per heavy atom. The molecule has 124 valence electrons. The first kappa shape index (κ1) is 15.7. The van der Waals surface area contributed by atoms with Crippen molar-refractivity contribution in [1.29, 1.82) is 0 Å². The number of nitrogens with one attached hydrogen (secondary N) is 1. The lowest BCUT2D eigenvalue weighted by Crippen LogP contribution is -2.40. The van der Waals surface area contributed by atoms with Crippen molar-refractivity contribution in [2.24, 2.45) is 0 Å². The summed E-state index contributed by atoms with van der Waals surface area (Å²) in [5.74, 6) is -1.86. The highest BCUT2D eigenvalue weighted by Gasteiger charge is 2.24. The van der Waals surface area contributed by atoms with E-state index in [1.165, 1.54) is 0 Å². The fraction of sp³-hybridized carbons (Fsp3) is 0.267. The van der Waals surface area contributed by atoms with Crippen LogP contribution >= 0.6 is 0 Å². The molecule has 0 fully saturated rings. The van der Waals surface area contributed by atoms with Crippen LogP contribution in [0.25, 0.3) is 0 Å². The van der Waals surface area contributed by atoms with Crippen LogP contribution in [-0.2, 0) is 22.6 Å². The second kappa shape index (κ2) is 6.49. The maximum absolute atomic E-state index is 12.3. The van der Waals surface area contributed by atoms with Gasteiger partial charge < -0.3 is 15.3 Å². The lowest BCUT2D eigenvalue weighted by atomic mass is 10.2. The highest BCUT2D eigenvalue weighted by molar-refractivity contribution is 5.98. The Hall–Kier alpha value is -3.23. The molecule has 0 aliphatic carbocycles. The molecule has 9 nitrogen and oxygen atoms in total. The molecule has 1 aliphatic heterocycles. The monoisotopic (exact) mass is 329 g/mol. The third-order valence-corrected chi connectivity index (χ3v) is 3.69. The first-order chi connectivity index (χ1) is 11.5. The first-order valence-electron chi connectivity index (χ1n) is 7.33. The van der Waals surface area contributed by atoms with Gasteiger partial charge >= 0.3 is 5.97 Å². The van der Waals surface area contributed by atoms with E-state index in [-0.39, 0.29) is 24.7 Å². The van der Waals surface area contributed by atoms with Gasteiger partial charge in [0.25, 0.3) is 0 Å². The van der Waals surface area contributed by atoms with Crippen molar-refractivity contribution < 1.29 is 19.5 Å². The SMILES string of the molecule is O=C(Cn1cc(C(=O)O)nn1)NCC(=O)N1CCc2ccccc21. The quantitative estimate of drug-likeness (QED) is 0.776. The van der Waals surface area contributed by atoms with Gasteiger partial charge in [-0.25, -0.2) is 9.48 Å². The summed E-state index contributed by atoms with van der Waals surface area (Å²) in [7, 11) is 0. The molecule has 0 spiro atoms. The predicted octanol–water partition coefficient (Wildman–Crippen LogP) is -0.318. The largest absolute Gasteiger partial charge is 0.476 e. The Balaban J connectivity index is 1.53. The van der Waals surface area contributed by atoms with Crippen molar-refractivity contribution in [3.63, 3.8) is 0 Å². The zero-order valence-electron chi connectivity index (χ0n) is 12.7. The zero-order chi connectivity index (χ0) is 17.1. The number of benzene rings is 1. The Morgan fingerprint density at radius 2 is 2.04 bits per heavy atom. The number of carbonyl (C=O) groups is 3.